The lowest BCUT2D eigenvalue weighted by atomic mass is 9.70. The molecule has 4 aliphatic carbocycles. The molecule has 11 atom stereocenters. The predicted octanol–water partition coefficient (Wildman–Crippen LogP) is 6.51. The number of hydrogen-bond acceptors (Lipinski definition) is 11. The highest BCUT2D eigenvalue weighted by Crippen LogP contribution is 2.57. The largest absolute Gasteiger partial charge is 0.373 e. The maximum absolute atomic E-state index is 8.12. The van der Waals surface area contributed by atoms with Crippen molar-refractivity contribution in [2.24, 2.45) is 5.41 Å². The average molecular weight is 703 g/mol. The molecule has 0 radical (unpaired) electrons. The smallest absolute Gasteiger partial charge is 0.371 e. The van der Waals surface area contributed by atoms with Crippen LogP contribution in [-0.2, 0) is 52.3 Å². The summed E-state index contributed by atoms with van der Waals surface area (Å²) in [6.07, 6.45) is 28.8. The van der Waals surface area contributed by atoms with E-state index in [-0.39, 0.29) is 77.6 Å². The molecule has 9 rings (SSSR count). The van der Waals surface area contributed by atoms with E-state index >= 15 is 0 Å². The van der Waals surface area contributed by atoms with Gasteiger partial charge in [-0.25, -0.2) is 0 Å². The summed E-state index contributed by atoms with van der Waals surface area (Å²) >= 11 is 0. The second-order valence-electron chi connectivity index (χ2n) is 16.3. The first-order valence-electron chi connectivity index (χ1n) is 19.5. The maximum Gasteiger partial charge on any atom is 0.373 e. The molecule has 4 saturated carbocycles. The Hall–Kier alpha value is -1.78. The monoisotopic (exact) mass is 702 g/mol. The SMILES string of the molecule is CC/C=C/C[C@@H]1O[C@@H]2C[C@@]1(C)C[C@H]1OC3(CCCCC3)OC21.CC[C@H]1CC[C@@H]2O[C@@H]3C[C@]2(C[C@H]2OC4(CCCCC4)OC32)O1.O=C=O.O=C=O. The Balaban J connectivity index is 0.000000150. The Morgan fingerprint density at radius 2 is 1.14 bits per heavy atom. The Morgan fingerprint density at radius 3 is 1.70 bits per heavy atom. The third-order valence-corrected chi connectivity index (χ3v) is 13.0. The minimum atomic E-state index is -0.299. The summed E-state index contributed by atoms with van der Waals surface area (Å²) in [5.41, 5.74) is 0.168. The van der Waals surface area contributed by atoms with Crippen LogP contribution in [0.1, 0.15) is 143 Å². The first-order valence-corrected chi connectivity index (χ1v) is 19.5. The van der Waals surface area contributed by atoms with E-state index in [1.807, 2.05) is 0 Å². The van der Waals surface area contributed by atoms with Crippen molar-refractivity contribution in [2.45, 2.75) is 215 Å². The van der Waals surface area contributed by atoms with Gasteiger partial charge in [0.2, 0.25) is 0 Å². The van der Waals surface area contributed by atoms with E-state index in [1.54, 1.807) is 0 Å². The molecule has 0 aromatic carbocycles. The van der Waals surface area contributed by atoms with Crippen LogP contribution in [0.3, 0.4) is 0 Å². The lowest BCUT2D eigenvalue weighted by Gasteiger charge is -2.44. The molecule has 5 aliphatic heterocycles. The standard InChI is InChI=1S/C19H30O3.C18H28O4.2CO2/c1-3-4-6-9-16-18(2)12-14(20-16)17-15(13-18)21-19(22-17)10-7-5-8-11-19;1-2-12-6-7-15-17(20-12)10-13(19-15)16-14(11-17)21-18(22-16)8-4-3-5-9-18;2*2-1-3/h4,6,14-17H,3,5,7-13H2,1-2H3;12-16H,2-11H2,1H3;;/b6-4+;;;/t14-,15-,16+,17?,18+;12-,13+,14+,15-,16?,17+;;/m10../s1. The van der Waals surface area contributed by atoms with Crippen LogP contribution in [0.25, 0.3) is 0 Å². The summed E-state index contributed by atoms with van der Waals surface area (Å²) < 4.78 is 45.3. The zero-order chi connectivity index (χ0) is 35.4. The highest BCUT2D eigenvalue weighted by molar-refractivity contribution is 5.20. The number of hydrogen-bond donors (Lipinski definition) is 0. The van der Waals surface area contributed by atoms with Gasteiger partial charge in [-0.05, 0) is 76.0 Å². The Labute approximate surface area is 296 Å². The molecule has 11 heteroatoms. The molecule has 2 unspecified atom stereocenters. The van der Waals surface area contributed by atoms with Crippen LogP contribution in [-0.4, -0.2) is 84.4 Å². The molecule has 11 nitrogen and oxygen atoms in total. The molecule has 50 heavy (non-hydrogen) atoms. The van der Waals surface area contributed by atoms with Crippen molar-refractivity contribution < 1.29 is 52.3 Å². The zero-order valence-corrected chi connectivity index (χ0v) is 30.3. The summed E-state index contributed by atoms with van der Waals surface area (Å²) in [6.45, 7) is 6.80. The Morgan fingerprint density at radius 1 is 0.620 bits per heavy atom. The van der Waals surface area contributed by atoms with Gasteiger partial charge >= 0.3 is 12.3 Å². The number of carbonyl (C=O) groups excluding carboxylic acids is 4. The van der Waals surface area contributed by atoms with Gasteiger partial charge in [-0.15, -0.1) is 0 Å². The molecule has 280 valence electrons. The second kappa shape index (κ2) is 16.1. The first-order chi connectivity index (χ1) is 24.2. The van der Waals surface area contributed by atoms with Crippen molar-refractivity contribution in [3.63, 3.8) is 0 Å². The summed E-state index contributed by atoms with van der Waals surface area (Å²) in [5.74, 6) is -0.568. The maximum atomic E-state index is 8.12. The van der Waals surface area contributed by atoms with E-state index in [2.05, 4.69) is 32.9 Å². The quantitative estimate of drug-likeness (QED) is 0.297. The van der Waals surface area contributed by atoms with E-state index in [0.717, 1.165) is 83.5 Å². The van der Waals surface area contributed by atoms with Gasteiger partial charge in [-0.2, -0.15) is 19.2 Å². The fourth-order valence-electron chi connectivity index (χ4n) is 10.7. The van der Waals surface area contributed by atoms with Crippen LogP contribution in [0.5, 0.6) is 0 Å². The summed E-state index contributed by atoms with van der Waals surface area (Å²) in [7, 11) is 0. The number of fused-ring (bicyclic) bond motifs is 7. The van der Waals surface area contributed by atoms with Gasteiger partial charge in [0.25, 0.3) is 0 Å². The predicted molar refractivity (Wildman–Crippen MR) is 176 cm³/mol. The molecule has 9 aliphatic rings. The van der Waals surface area contributed by atoms with Gasteiger partial charge < -0.3 is 33.2 Å². The molecular formula is C39H58O11. The fourth-order valence-corrected chi connectivity index (χ4v) is 10.7. The topological polar surface area (TPSA) is 133 Å². The van der Waals surface area contributed by atoms with Gasteiger partial charge in [0, 0.05) is 38.5 Å². The van der Waals surface area contributed by atoms with Crippen molar-refractivity contribution in [3.05, 3.63) is 12.2 Å². The third-order valence-electron chi connectivity index (χ3n) is 13.0. The van der Waals surface area contributed by atoms with Crippen molar-refractivity contribution in [3.8, 4) is 0 Å². The lowest BCUT2D eigenvalue weighted by molar-refractivity contribution is -0.215. The van der Waals surface area contributed by atoms with Crippen LogP contribution in [0.4, 0.5) is 0 Å². The molecule has 0 aromatic rings. The molecule has 0 amide bonds. The summed E-state index contributed by atoms with van der Waals surface area (Å²) in [5, 5.41) is 0. The molecule has 0 aromatic heterocycles. The van der Waals surface area contributed by atoms with E-state index in [1.165, 1.54) is 38.5 Å². The summed E-state index contributed by atoms with van der Waals surface area (Å²) in [6, 6.07) is 0. The van der Waals surface area contributed by atoms with Crippen LogP contribution < -0.4 is 0 Å². The van der Waals surface area contributed by atoms with Crippen LogP contribution >= 0.6 is 0 Å². The van der Waals surface area contributed by atoms with Crippen molar-refractivity contribution in [1.82, 2.24) is 0 Å². The van der Waals surface area contributed by atoms with Gasteiger partial charge in [0.1, 0.15) is 12.2 Å². The Bertz CT molecular complexity index is 1220. The van der Waals surface area contributed by atoms with Gasteiger partial charge in [-0.3, -0.25) is 0 Å². The minimum absolute atomic E-state index is 0.0890. The van der Waals surface area contributed by atoms with Crippen LogP contribution in [0, 0.1) is 5.41 Å². The lowest BCUT2D eigenvalue weighted by Crippen LogP contribution is -2.53. The normalized spacial score (nSPS) is 43.9. The zero-order valence-electron chi connectivity index (χ0n) is 30.3. The van der Waals surface area contributed by atoms with Crippen molar-refractivity contribution >= 4 is 12.3 Å². The number of allylic oxidation sites excluding steroid dienone is 1. The molecule has 9 fully saturated rings. The van der Waals surface area contributed by atoms with Gasteiger partial charge in [-0.1, -0.05) is 45.8 Å². The van der Waals surface area contributed by atoms with E-state index in [0.29, 0.717) is 12.2 Å². The van der Waals surface area contributed by atoms with Crippen LogP contribution in [0.2, 0.25) is 0 Å². The third kappa shape index (κ3) is 7.64. The highest BCUT2D eigenvalue weighted by atomic mass is 16.8. The molecule has 5 saturated heterocycles. The van der Waals surface area contributed by atoms with Crippen molar-refractivity contribution in [1.29, 1.82) is 0 Å². The van der Waals surface area contributed by atoms with Gasteiger partial charge in [0.15, 0.2) is 11.6 Å². The van der Waals surface area contributed by atoms with E-state index in [4.69, 9.17) is 52.3 Å². The molecule has 0 N–H and O–H groups in total. The van der Waals surface area contributed by atoms with Gasteiger partial charge in [0.05, 0.1) is 48.3 Å². The minimum Gasteiger partial charge on any atom is -0.371 e. The first kappa shape index (κ1) is 38.0. The fraction of sp³-hybridized carbons (Fsp3) is 0.897. The van der Waals surface area contributed by atoms with Crippen molar-refractivity contribution in [2.75, 3.05) is 0 Å². The Kier molecular flexibility index (Phi) is 12.2. The molecule has 4 bridgehead atoms. The molecule has 5 heterocycles. The number of ether oxygens (including phenoxy) is 7. The van der Waals surface area contributed by atoms with E-state index < -0.39 is 0 Å². The van der Waals surface area contributed by atoms with E-state index in [9.17, 15) is 0 Å². The summed E-state index contributed by atoms with van der Waals surface area (Å²) in [4.78, 5) is 32.5. The molecular weight excluding hydrogens is 644 g/mol. The highest BCUT2D eigenvalue weighted by Gasteiger charge is 2.65. The number of rotatable bonds is 4. The average Bonchev–Trinajstić information content (AvgIpc) is 3.81. The van der Waals surface area contributed by atoms with Crippen LogP contribution in [0.15, 0.2) is 12.2 Å². The second-order valence-corrected chi connectivity index (χ2v) is 16.3. The molecule has 3 spiro atoms.